The van der Waals surface area contributed by atoms with Crippen molar-refractivity contribution in [3.05, 3.63) is 17.0 Å². The third kappa shape index (κ3) is 1.99. The van der Waals surface area contributed by atoms with Crippen LogP contribution in [0.1, 0.15) is 35.8 Å². The van der Waals surface area contributed by atoms with Gasteiger partial charge in [-0.15, -0.1) is 0 Å². The van der Waals surface area contributed by atoms with E-state index in [0.717, 1.165) is 38.3 Å². The second-order valence-corrected chi connectivity index (χ2v) is 4.93. The molecular formula is C12H21N5. The van der Waals surface area contributed by atoms with Crippen LogP contribution in [0.25, 0.3) is 0 Å². The monoisotopic (exact) mass is 235 g/mol. The Bertz CT molecular complexity index is 392. The first kappa shape index (κ1) is 11.2. The van der Waals surface area contributed by atoms with Crippen LogP contribution in [0.3, 0.4) is 0 Å². The molecule has 1 aromatic heterocycles. The van der Waals surface area contributed by atoms with E-state index >= 15 is 0 Å². The third-order valence-electron chi connectivity index (χ3n) is 3.89. The summed E-state index contributed by atoms with van der Waals surface area (Å²) in [5.74, 6) is 0. The molecule has 0 saturated carbocycles. The largest absolute Gasteiger partial charge is 0.325 e. The normalized spacial score (nSPS) is 21.5. The fraction of sp³-hybridized carbons (Fsp3) is 0.750. The highest BCUT2D eigenvalue weighted by molar-refractivity contribution is 5.29. The Hall–Kier alpha value is -0.910. The van der Waals surface area contributed by atoms with Gasteiger partial charge in [0.2, 0.25) is 0 Å². The molecule has 17 heavy (non-hydrogen) atoms. The van der Waals surface area contributed by atoms with E-state index in [1.54, 1.807) is 0 Å². The molecule has 1 fully saturated rings. The van der Waals surface area contributed by atoms with Gasteiger partial charge in [-0.05, 0) is 38.9 Å². The van der Waals surface area contributed by atoms with Crippen LogP contribution < -0.4 is 16.4 Å². The number of nitrogens with one attached hydrogen (secondary N) is 2. The summed E-state index contributed by atoms with van der Waals surface area (Å²) < 4.78 is 2.25. The van der Waals surface area contributed by atoms with Crippen molar-refractivity contribution in [1.29, 1.82) is 0 Å². The van der Waals surface area contributed by atoms with E-state index in [9.17, 15) is 0 Å². The molecule has 94 valence electrons. The molecule has 1 saturated heterocycles. The zero-order valence-corrected chi connectivity index (χ0v) is 10.2. The minimum absolute atomic E-state index is 0.560. The predicted molar refractivity (Wildman–Crippen MR) is 66.7 cm³/mol. The van der Waals surface area contributed by atoms with E-state index in [2.05, 4.69) is 15.3 Å². The number of nitrogens with zero attached hydrogens (tertiary/aromatic N) is 2. The number of hydrogen-bond acceptors (Lipinski definition) is 4. The van der Waals surface area contributed by atoms with E-state index in [1.165, 1.54) is 24.1 Å². The lowest BCUT2D eigenvalue weighted by molar-refractivity contribution is 0.330. The summed E-state index contributed by atoms with van der Waals surface area (Å²) in [4.78, 5) is 0. The quantitative estimate of drug-likeness (QED) is 0.670. The van der Waals surface area contributed by atoms with Crippen molar-refractivity contribution in [2.45, 2.75) is 38.4 Å². The molecule has 0 aliphatic carbocycles. The Morgan fingerprint density at radius 3 is 2.82 bits per heavy atom. The van der Waals surface area contributed by atoms with E-state index in [1.807, 2.05) is 0 Å². The van der Waals surface area contributed by atoms with Gasteiger partial charge in [-0.1, -0.05) is 0 Å². The van der Waals surface area contributed by atoms with Gasteiger partial charge in [0.25, 0.3) is 0 Å². The van der Waals surface area contributed by atoms with Crippen molar-refractivity contribution >= 4 is 0 Å². The maximum Gasteiger partial charge on any atom is 0.0796 e. The summed E-state index contributed by atoms with van der Waals surface area (Å²) in [5.41, 5.74) is 9.70. The van der Waals surface area contributed by atoms with E-state index < -0.39 is 0 Å². The van der Waals surface area contributed by atoms with Crippen LogP contribution in [0.15, 0.2) is 0 Å². The van der Waals surface area contributed by atoms with Gasteiger partial charge in [0.05, 0.1) is 17.4 Å². The number of piperidine rings is 1. The van der Waals surface area contributed by atoms with Crippen molar-refractivity contribution in [3.63, 3.8) is 0 Å². The lowest BCUT2D eigenvalue weighted by Crippen LogP contribution is -2.32. The molecule has 1 aromatic rings. The smallest absolute Gasteiger partial charge is 0.0796 e. The highest BCUT2D eigenvalue weighted by Gasteiger charge is 2.24. The maximum absolute atomic E-state index is 5.81. The molecule has 3 heterocycles. The van der Waals surface area contributed by atoms with Crippen LogP contribution in [-0.2, 0) is 19.5 Å². The molecule has 5 heteroatoms. The molecule has 2 aliphatic rings. The van der Waals surface area contributed by atoms with Gasteiger partial charge in [0, 0.05) is 18.7 Å². The average molecular weight is 235 g/mol. The number of hydrogen-bond donors (Lipinski definition) is 3. The van der Waals surface area contributed by atoms with Crippen LogP contribution in [0.4, 0.5) is 0 Å². The third-order valence-corrected chi connectivity index (χ3v) is 3.89. The molecule has 2 aliphatic heterocycles. The van der Waals surface area contributed by atoms with Crippen molar-refractivity contribution in [1.82, 2.24) is 20.4 Å². The molecule has 5 nitrogen and oxygen atoms in total. The number of rotatable bonds is 2. The lowest BCUT2D eigenvalue weighted by Gasteiger charge is -2.26. The number of nitrogens with two attached hydrogens (primary N) is 1. The summed E-state index contributed by atoms with van der Waals surface area (Å²) in [7, 11) is 0. The average Bonchev–Trinajstić information content (AvgIpc) is 2.78. The summed E-state index contributed by atoms with van der Waals surface area (Å²) in [5, 5.41) is 11.6. The highest BCUT2D eigenvalue weighted by Crippen LogP contribution is 2.25. The van der Waals surface area contributed by atoms with Gasteiger partial charge in [-0.2, -0.15) is 5.10 Å². The predicted octanol–water partition coefficient (Wildman–Crippen LogP) is -0.0880. The van der Waals surface area contributed by atoms with Crippen molar-refractivity contribution < 1.29 is 0 Å². The van der Waals surface area contributed by atoms with Crippen LogP contribution in [0.5, 0.6) is 0 Å². The highest BCUT2D eigenvalue weighted by atomic mass is 15.3. The Kier molecular flexibility index (Phi) is 3.13. The molecule has 0 radical (unpaired) electrons. The van der Waals surface area contributed by atoms with E-state index in [-0.39, 0.29) is 0 Å². The zero-order valence-electron chi connectivity index (χ0n) is 10.2. The summed E-state index contributed by atoms with van der Waals surface area (Å²) in [6, 6.07) is 0.560. The molecule has 0 atom stereocenters. The molecule has 3 rings (SSSR count). The van der Waals surface area contributed by atoms with Crippen molar-refractivity contribution in [2.75, 3.05) is 19.6 Å². The fourth-order valence-electron chi connectivity index (χ4n) is 2.97. The first-order valence-corrected chi connectivity index (χ1v) is 6.61. The molecule has 0 aromatic carbocycles. The molecule has 0 spiro atoms. The first-order valence-electron chi connectivity index (χ1n) is 6.61. The topological polar surface area (TPSA) is 67.9 Å². The minimum Gasteiger partial charge on any atom is -0.325 e. The van der Waals surface area contributed by atoms with Crippen LogP contribution in [-0.4, -0.2) is 29.4 Å². The fourth-order valence-corrected chi connectivity index (χ4v) is 2.97. The van der Waals surface area contributed by atoms with Gasteiger partial charge < -0.3 is 16.4 Å². The summed E-state index contributed by atoms with van der Waals surface area (Å²) in [6.07, 6.45) is 3.43. The van der Waals surface area contributed by atoms with Crippen LogP contribution in [0, 0.1) is 0 Å². The SMILES string of the molecule is NCc1nn(C2CCNCC2)c2c1CCNC2. The standard InChI is InChI=1S/C12H21N5/c13-7-11-10-3-6-15-8-12(10)17(16-11)9-1-4-14-5-2-9/h9,14-15H,1-8,13H2. The van der Waals surface area contributed by atoms with E-state index in [0.29, 0.717) is 12.6 Å². The maximum atomic E-state index is 5.81. The molecular weight excluding hydrogens is 214 g/mol. The van der Waals surface area contributed by atoms with Crippen LogP contribution in [0.2, 0.25) is 0 Å². The lowest BCUT2D eigenvalue weighted by atomic mass is 10.0. The van der Waals surface area contributed by atoms with Gasteiger partial charge in [-0.3, -0.25) is 4.68 Å². The number of aromatic nitrogens is 2. The minimum atomic E-state index is 0.560. The first-order chi connectivity index (χ1) is 8.40. The Balaban J connectivity index is 1.95. The van der Waals surface area contributed by atoms with Gasteiger partial charge in [0.15, 0.2) is 0 Å². The zero-order chi connectivity index (χ0) is 11.7. The molecule has 4 N–H and O–H groups in total. The second kappa shape index (κ2) is 4.76. The van der Waals surface area contributed by atoms with Crippen molar-refractivity contribution in [3.8, 4) is 0 Å². The van der Waals surface area contributed by atoms with Crippen LogP contribution >= 0.6 is 0 Å². The van der Waals surface area contributed by atoms with Gasteiger partial charge >= 0.3 is 0 Å². The Morgan fingerprint density at radius 1 is 1.24 bits per heavy atom. The van der Waals surface area contributed by atoms with Crippen molar-refractivity contribution in [2.24, 2.45) is 5.73 Å². The Labute approximate surface area is 102 Å². The van der Waals surface area contributed by atoms with Gasteiger partial charge in [0.1, 0.15) is 0 Å². The molecule has 0 amide bonds. The Morgan fingerprint density at radius 2 is 2.06 bits per heavy atom. The number of fused-ring (bicyclic) bond motifs is 1. The molecule has 0 unspecified atom stereocenters. The molecule has 0 bridgehead atoms. The van der Waals surface area contributed by atoms with Gasteiger partial charge in [-0.25, -0.2) is 0 Å². The van der Waals surface area contributed by atoms with E-state index in [4.69, 9.17) is 10.8 Å². The second-order valence-electron chi connectivity index (χ2n) is 4.93. The summed E-state index contributed by atoms with van der Waals surface area (Å²) >= 11 is 0. The summed E-state index contributed by atoms with van der Waals surface area (Å²) in [6.45, 7) is 4.78.